The summed E-state index contributed by atoms with van der Waals surface area (Å²) in [5.41, 5.74) is 7.20. The Labute approximate surface area is 146 Å². The van der Waals surface area contributed by atoms with Gasteiger partial charge in [-0.25, -0.2) is 13.4 Å². The highest BCUT2D eigenvalue weighted by molar-refractivity contribution is 7.93. The molecule has 24 heavy (non-hydrogen) atoms. The number of aryl methyl sites for hydroxylation is 1. The molecule has 0 fully saturated rings. The van der Waals surface area contributed by atoms with Crippen molar-refractivity contribution >= 4 is 32.2 Å². The number of likely N-dealkylation sites (N-methyl/N-ethyl adjacent to an activating group) is 1. The third-order valence-electron chi connectivity index (χ3n) is 4.07. The summed E-state index contributed by atoms with van der Waals surface area (Å²) < 4.78 is 27.6. The van der Waals surface area contributed by atoms with E-state index in [0.29, 0.717) is 16.7 Å². The van der Waals surface area contributed by atoms with E-state index in [1.165, 1.54) is 28.3 Å². The normalized spacial score (nSPS) is 17.7. The molecule has 0 saturated heterocycles. The molecule has 0 spiro atoms. The second-order valence-corrected chi connectivity index (χ2v) is 9.12. The van der Waals surface area contributed by atoms with Gasteiger partial charge in [-0.2, -0.15) is 0 Å². The first kappa shape index (κ1) is 17.2. The number of nitrogens with two attached hydrogens (primary N) is 1. The van der Waals surface area contributed by atoms with Crippen LogP contribution in [0.2, 0.25) is 0 Å². The number of sulfonamides is 1. The zero-order chi connectivity index (χ0) is 17.3. The van der Waals surface area contributed by atoms with Crippen molar-refractivity contribution in [2.45, 2.75) is 30.1 Å². The topological polar surface area (TPSA) is 88.3 Å². The number of nitrogen functional groups attached to an aromatic ring is 1. The summed E-state index contributed by atoms with van der Waals surface area (Å²) >= 11 is 1.45. The van der Waals surface area contributed by atoms with Crippen molar-refractivity contribution in [1.82, 2.24) is 9.88 Å². The van der Waals surface area contributed by atoms with E-state index in [9.17, 15) is 8.42 Å². The highest BCUT2D eigenvalue weighted by Crippen LogP contribution is 2.37. The number of aromatic nitrogens is 1. The van der Waals surface area contributed by atoms with Gasteiger partial charge in [-0.1, -0.05) is 0 Å². The van der Waals surface area contributed by atoms with Gasteiger partial charge in [0, 0.05) is 23.0 Å². The molecule has 1 heterocycles. The number of nitrogens with zero attached hydrogens (tertiary/aromatic N) is 2. The monoisotopic (exact) mass is 366 g/mol. The van der Waals surface area contributed by atoms with E-state index in [1.807, 2.05) is 14.1 Å². The van der Waals surface area contributed by atoms with Crippen molar-refractivity contribution in [3.8, 4) is 0 Å². The van der Waals surface area contributed by atoms with Crippen LogP contribution < -0.4 is 10.5 Å². The van der Waals surface area contributed by atoms with Crippen molar-refractivity contribution in [2.75, 3.05) is 31.1 Å². The minimum absolute atomic E-state index is 0.190. The lowest BCUT2D eigenvalue weighted by atomic mass is 9.91. The number of benzene rings is 1. The zero-order valence-corrected chi connectivity index (χ0v) is 15.5. The van der Waals surface area contributed by atoms with Gasteiger partial charge in [0.15, 0.2) is 5.13 Å². The largest absolute Gasteiger partial charge is 0.399 e. The van der Waals surface area contributed by atoms with Crippen LogP contribution in [0, 0.1) is 0 Å². The molecule has 0 bridgehead atoms. The molecule has 3 N–H and O–H groups in total. The number of rotatable bonds is 5. The second kappa shape index (κ2) is 6.70. The number of hydrogen-bond donors (Lipinski definition) is 2. The van der Waals surface area contributed by atoms with Crippen molar-refractivity contribution < 1.29 is 8.42 Å². The molecule has 0 amide bonds. The molecule has 6 nitrogen and oxygen atoms in total. The van der Waals surface area contributed by atoms with Crippen LogP contribution >= 0.6 is 11.3 Å². The van der Waals surface area contributed by atoms with E-state index >= 15 is 0 Å². The first-order valence-corrected chi connectivity index (χ1v) is 10.2. The molecule has 1 aliphatic rings. The van der Waals surface area contributed by atoms with Gasteiger partial charge in [0.1, 0.15) is 0 Å². The summed E-state index contributed by atoms with van der Waals surface area (Å²) in [4.78, 5) is 8.13. The predicted molar refractivity (Wildman–Crippen MR) is 98.0 cm³/mol. The minimum atomic E-state index is -3.64. The van der Waals surface area contributed by atoms with Gasteiger partial charge in [-0.3, -0.25) is 4.72 Å². The van der Waals surface area contributed by atoms with Crippen molar-refractivity contribution in [1.29, 1.82) is 0 Å². The molecule has 1 aromatic heterocycles. The molecule has 0 radical (unpaired) electrons. The average molecular weight is 367 g/mol. The Balaban J connectivity index is 1.84. The third-order valence-corrected chi connectivity index (χ3v) is 6.60. The van der Waals surface area contributed by atoms with Crippen LogP contribution in [-0.2, 0) is 16.4 Å². The lowest BCUT2D eigenvalue weighted by Gasteiger charge is -2.23. The Morgan fingerprint density at radius 2 is 2.04 bits per heavy atom. The van der Waals surface area contributed by atoms with Crippen molar-refractivity contribution in [3.63, 3.8) is 0 Å². The first-order valence-electron chi connectivity index (χ1n) is 7.88. The summed E-state index contributed by atoms with van der Waals surface area (Å²) in [6.45, 7) is 0.931. The smallest absolute Gasteiger partial charge is 0.263 e. The van der Waals surface area contributed by atoms with E-state index in [1.54, 1.807) is 12.1 Å². The van der Waals surface area contributed by atoms with Crippen LogP contribution in [0.1, 0.15) is 29.3 Å². The Bertz CT molecular complexity index is 813. The maximum atomic E-state index is 12.5. The average Bonchev–Trinajstić information content (AvgIpc) is 2.90. The summed E-state index contributed by atoms with van der Waals surface area (Å²) in [5.74, 6) is 0.370. The van der Waals surface area contributed by atoms with Gasteiger partial charge < -0.3 is 10.6 Å². The molecule has 3 rings (SSSR count). The van der Waals surface area contributed by atoms with Crippen LogP contribution in [-0.4, -0.2) is 38.9 Å². The van der Waals surface area contributed by atoms with Crippen LogP contribution in [0.15, 0.2) is 29.2 Å². The quantitative estimate of drug-likeness (QED) is 0.794. The number of hydrogen-bond acceptors (Lipinski definition) is 6. The Kier molecular flexibility index (Phi) is 4.80. The van der Waals surface area contributed by atoms with E-state index < -0.39 is 10.0 Å². The fourth-order valence-corrected chi connectivity index (χ4v) is 5.31. The SMILES string of the molecule is CN(C)C[C@H]1CCCc2sc(NS(=O)(=O)c3ccc(N)cc3)nc21. The van der Waals surface area contributed by atoms with E-state index in [4.69, 9.17) is 5.73 Å². The molecular weight excluding hydrogens is 344 g/mol. The highest BCUT2D eigenvalue weighted by atomic mass is 32.2. The van der Waals surface area contributed by atoms with Crippen LogP contribution in [0.4, 0.5) is 10.8 Å². The molecule has 130 valence electrons. The van der Waals surface area contributed by atoms with Gasteiger partial charge in [0.05, 0.1) is 10.6 Å². The fourth-order valence-electron chi connectivity index (χ4n) is 2.99. The number of thiazole rings is 1. The van der Waals surface area contributed by atoms with Gasteiger partial charge in [0.2, 0.25) is 0 Å². The highest BCUT2D eigenvalue weighted by Gasteiger charge is 2.26. The Hall–Kier alpha value is -1.64. The standard InChI is InChI=1S/C16H22N4O2S2/c1-20(2)10-11-4-3-5-14-15(11)18-16(23-14)19-24(21,22)13-8-6-12(17)7-9-13/h6-9,11H,3-5,10,17H2,1-2H3,(H,18,19)/t11-/m1/s1. The predicted octanol–water partition coefficient (Wildman–Crippen LogP) is 2.51. The van der Waals surface area contributed by atoms with Crippen molar-refractivity contribution in [3.05, 3.63) is 34.8 Å². The van der Waals surface area contributed by atoms with E-state index in [-0.39, 0.29) is 4.90 Å². The van der Waals surface area contributed by atoms with Gasteiger partial charge in [-0.15, -0.1) is 11.3 Å². The summed E-state index contributed by atoms with van der Waals surface area (Å²) in [5, 5.41) is 0.447. The maximum absolute atomic E-state index is 12.5. The maximum Gasteiger partial charge on any atom is 0.263 e. The lowest BCUT2D eigenvalue weighted by Crippen LogP contribution is -2.23. The molecule has 0 unspecified atom stereocenters. The molecule has 8 heteroatoms. The second-order valence-electron chi connectivity index (χ2n) is 6.35. The molecule has 1 atom stereocenters. The molecule has 0 aliphatic heterocycles. The fraction of sp³-hybridized carbons (Fsp3) is 0.438. The number of anilines is 2. The van der Waals surface area contributed by atoms with Gasteiger partial charge >= 0.3 is 0 Å². The number of fused-ring (bicyclic) bond motifs is 1. The summed E-state index contributed by atoms with van der Waals surface area (Å²) in [6.07, 6.45) is 3.19. The van der Waals surface area contributed by atoms with Crippen LogP contribution in [0.3, 0.4) is 0 Å². The number of nitrogens with one attached hydrogen (secondary N) is 1. The molecule has 2 aromatic rings. The molecule has 1 aromatic carbocycles. The lowest BCUT2D eigenvalue weighted by molar-refractivity contribution is 0.350. The van der Waals surface area contributed by atoms with Crippen LogP contribution in [0.5, 0.6) is 0 Å². The van der Waals surface area contributed by atoms with Crippen molar-refractivity contribution in [2.24, 2.45) is 0 Å². The summed E-state index contributed by atoms with van der Waals surface area (Å²) in [7, 11) is 0.456. The Morgan fingerprint density at radius 3 is 2.71 bits per heavy atom. The van der Waals surface area contributed by atoms with E-state index in [0.717, 1.165) is 31.5 Å². The zero-order valence-electron chi connectivity index (χ0n) is 13.8. The Morgan fingerprint density at radius 1 is 1.33 bits per heavy atom. The van der Waals surface area contributed by atoms with Gasteiger partial charge in [-0.05, 0) is 57.6 Å². The van der Waals surface area contributed by atoms with Gasteiger partial charge in [0.25, 0.3) is 10.0 Å². The van der Waals surface area contributed by atoms with E-state index in [2.05, 4.69) is 14.6 Å². The van der Waals surface area contributed by atoms with Crippen LogP contribution in [0.25, 0.3) is 0 Å². The third kappa shape index (κ3) is 3.71. The first-order chi connectivity index (χ1) is 11.3. The molecule has 0 saturated carbocycles. The summed E-state index contributed by atoms with van der Waals surface area (Å²) in [6, 6.07) is 6.16. The molecule has 1 aliphatic carbocycles. The minimum Gasteiger partial charge on any atom is -0.399 e. The molecular formula is C16H22N4O2S2.